The van der Waals surface area contributed by atoms with E-state index in [1.54, 1.807) is 0 Å². The first-order valence-electron chi connectivity index (χ1n) is 2.64. The van der Waals surface area contributed by atoms with Gasteiger partial charge in [0.1, 0.15) is 6.61 Å². The lowest BCUT2D eigenvalue weighted by Gasteiger charge is -2.12. The summed E-state index contributed by atoms with van der Waals surface area (Å²) >= 11 is 0. The fourth-order valence-electron chi connectivity index (χ4n) is 0.285. The van der Waals surface area contributed by atoms with Crippen LogP contribution in [-0.4, -0.2) is 19.1 Å². The van der Waals surface area contributed by atoms with Gasteiger partial charge in [0.15, 0.2) is 0 Å². The molecule has 0 amide bonds. The highest BCUT2D eigenvalue weighted by Crippen LogP contribution is 2.28. The Balaban J connectivity index is 3.63. The molecular weight excluding hydrogens is 152 g/mol. The minimum atomic E-state index is -4.09. The van der Waals surface area contributed by atoms with Crippen molar-refractivity contribution < 1.29 is 22.3 Å². The summed E-state index contributed by atoms with van der Waals surface area (Å²) < 4.78 is 50.2. The summed E-state index contributed by atoms with van der Waals surface area (Å²) in [5.74, 6) is -4.09. The van der Waals surface area contributed by atoms with Crippen LogP contribution in [0.1, 0.15) is 6.92 Å². The van der Waals surface area contributed by atoms with Crippen LogP contribution in [0, 0.1) is 6.43 Å². The first-order valence-corrected chi connectivity index (χ1v) is 2.64. The van der Waals surface area contributed by atoms with E-state index in [1.807, 2.05) is 0 Å². The zero-order valence-corrected chi connectivity index (χ0v) is 5.33. The Morgan fingerprint density at radius 1 is 1.40 bits per heavy atom. The Labute approximate surface area is 56.0 Å². The topological polar surface area (TPSA) is 9.23 Å². The Kier molecular flexibility index (Phi) is 3.63. The van der Waals surface area contributed by atoms with Crippen LogP contribution in [0.3, 0.4) is 0 Å². The molecular formula is C5H7F4O. The Hall–Kier alpha value is -0.320. The molecule has 0 rings (SSSR count). The van der Waals surface area contributed by atoms with E-state index in [9.17, 15) is 17.6 Å². The Bertz CT molecular complexity index is 93.6. The highest BCUT2D eigenvalue weighted by molar-refractivity contribution is 4.82. The van der Waals surface area contributed by atoms with E-state index >= 15 is 0 Å². The van der Waals surface area contributed by atoms with Crippen LogP contribution >= 0.6 is 0 Å². The molecule has 0 unspecified atom stereocenters. The van der Waals surface area contributed by atoms with Crippen molar-refractivity contribution in [2.24, 2.45) is 0 Å². The summed E-state index contributed by atoms with van der Waals surface area (Å²) in [5, 5.41) is 0. The van der Waals surface area contributed by atoms with Gasteiger partial charge in [0.25, 0.3) is 0 Å². The molecule has 0 aliphatic carbocycles. The lowest BCUT2D eigenvalue weighted by molar-refractivity contribution is -0.111. The summed E-state index contributed by atoms with van der Waals surface area (Å²) in [7, 11) is 0. The molecule has 0 spiro atoms. The molecule has 0 saturated carbocycles. The van der Waals surface area contributed by atoms with Gasteiger partial charge in [-0.3, -0.25) is 0 Å². The number of hydrogen-bond acceptors (Lipinski definition) is 1. The van der Waals surface area contributed by atoms with Crippen LogP contribution < -0.4 is 0 Å². The summed E-state index contributed by atoms with van der Waals surface area (Å²) in [5.41, 5.74) is 0. The lowest BCUT2D eigenvalue weighted by atomic mass is 10.4. The van der Waals surface area contributed by atoms with Gasteiger partial charge in [-0.05, 0) is 6.92 Å². The predicted octanol–water partition coefficient (Wildman–Crippen LogP) is 2.09. The summed E-state index contributed by atoms with van der Waals surface area (Å²) in [4.78, 5) is 0. The maximum Gasteiger partial charge on any atom is 0.380 e. The molecule has 0 heterocycles. The van der Waals surface area contributed by atoms with Crippen molar-refractivity contribution >= 4 is 0 Å². The van der Waals surface area contributed by atoms with E-state index in [4.69, 9.17) is 0 Å². The molecule has 0 aromatic heterocycles. The zero-order valence-electron chi connectivity index (χ0n) is 5.33. The van der Waals surface area contributed by atoms with Crippen molar-refractivity contribution in [1.82, 2.24) is 0 Å². The SMILES string of the molecule is CCOCC(F)(F)[C](F)F. The third-order valence-electron chi connectivity index (χ3n) is 0.764. The molecule has 5 heteroatoms. The van der Waals surface area contributed by atoms with Crippen LogP contribution in [0.4, 0.5) is 17.6 Å². The number of hydrogen-bond donors (Lipinski definition) is 0. The summed E-state index contributed by atoms with van der Waals surface area (Å²) in [6.45, 7) is 0.209. The van der Waals surface area contributed by atoms with Gasteiger partial charge in [-0.15, -0.1) is 0 Å². The largest absolute Gasteiger partial charge is 0.380 e. The molecule has 0 fully saturated rings. The van der Waals surface area contributed by atoms with Crippen molar-refractivity contribution in [3.63, 3.8) is 0 Å². The predicted molar refractivity (Wildman–Crippen MR) is 26.9 cm³/mol. The molecule has 0 atom stereocenters. The van der Waals surface area contributed by atoms with Gasteiger partial charge in [0.2, 0.25) is 0 Å². The van der Waals surface area contributed by atoms with Gasteiger partial charge in [-0.25, -0.2) is 0 Å². The quantitative estimate of drug-likeness (QED) is 0.570. The third-order valence-corrected chi connectivity index (χ3v) is 0.764. The number of ether oxygens (including phenoxy) is 1. The van der Waals surface area contributed by atoms with E-state index in [0.717, 1.165) is 0 Å². The van der Waals surface area contributed by atoms with E-state index in [2.05, 4.69) is 4.74 Å². The van der Waals surface area contributed by atoms with Crippen molar-refractivity contribution in [1.29, 1.82) is 0 Å². The van der Waals surface area contributed by atoms with Gasteiger partial charge in [0.05, 0.1) is 0 Å². The first-order chi connectivity index (χ1) is 4.50. The summed E-state index contributed by atoms with van der Waals surface area (Å²) in [6.07, 6.45) is -2.90. The van der Waals surface area contributed by atoms with Crippen molar-refractivity contribution in [2.75, 3.05) is 13.2 Å². The molecule has 0 aromatic carbocycles. The van der Waals surface area contributed by atoms with E-state index in [0.29, 0.717) is 0 Å². The van der Waals surface area contributed by atoms with Crippen LogP contribution in [0.25, 0.3) is 0 Å². The van der Waals surface area contributed by atoms with E-state index in [-0.39, 0.29) is 6.61 Å². The number of alkyl halides is 2. The second-order valence-corrected chi connectivity index (χ2v) is 1.60. The molecule has 0 N–H and O–H groups in total. The second kappa shape index (κ2) is 3.75. The summed E-state index contributed by atoms with van der Waals surface area (Å²) in [6, 6.07) is 0. The van der Waals surface area contributed by atoms with Crippen molar-refractivity contribution in [3.8, 4) is 0 Å². The standard InChI is InChI=1S/C5H7F4O/c1-2-10-3-5(8,9)4(6)7/h2-3H2,1H3. The third kappa shape index (κ3) is 3.00. The van der Waals surface area contributed by atoms with Crippen LogP contribution in [0.2, 0.25) is 0 Å². The van der Waals surface area contributed by atoms with Crippen LogP contribution in [0.5, 0.6) is 0 Å². The minimum Gasteiger partial charge on any atom is -0.375 e. The van der Waals surface area contributed by atoms with Crippen LogP contribution in [0.15, 0.2) is 0 Å². The maximum absolute atomic E-state index is 11.8. The molecule has 61 valence electrons. The minimum absolute atomic E-state index is 0.00285. The second-order valence-electron chi connectivity index (χ2n) is 1.60. The van der Waals surface area contributed by atoms with Gasteiger partial charge >= 0.3 is 12.3 Å². The van der Waals surface area contributed by atoms with Gasteiger partial charge in [-0.1, -0.05) is 0 Å². The highest BCUT2D eigenvalue weighted by Gasteiger charge is 2.43. The fraction of sp³-hybridized carbons (Fsp3) is 0.800. The molecule has 1 radical (unpaired) electrons. The molecule has 0 bridgehead atoms. The molecule has 0 aliphatic rings. The van der Waals surface area contributed by atoms with E-state index < -0.39 is 19.0 Å². The normalized spacial score (nSPS) is 12.6. The number of halogens is 4. The highest BCUT2D eigenvalue weighted by atomic mass is 19.3. The Morgan fingerprint density at radius 2 is 1.90 bits per heavy atom. The smallest absolute Gasteiger partial charge is 0.375 e. The Morgan fingerprint density at radius 3 is 2.20 bits per heavy atom. The zero-order chi connectivity index (χ0) is 8.20. The monoisotopic (exact) mass is 159 g/mol. The lowest BCUT2D eigenvalue weighted by Crippen LogP contribution is -2.27. The van der Waals surface area contributed by atoms with Gasteiger partial charge in [-0.2, -0.15) is 17.6 Å². The molecule has 0 aromatic rings. The number of rotatable bonds is 4. The average Bonchev–Trinajstić information content (AvgIpc) is 1.84. The van der Waals surface area contributed by atoms with Gasteiger partial charge < -0.3 is 4.74 Å². The average molecular weight is 159 g/mol. The maximum atomic E-state index is 11.8. The van der Waals surface area contributed by atoms with Crippen molar-refractivity contribution in [2.45, 2.75) is 12.8 Å². The van der Waals surface area contributed by atoms with E-state index in [1.165, 1.54) is 6.92 Å². The molecule has 10 heavy (non-hydrogen) atoms. The van der Waals surface area contributed by atoms with Gasteiger partial charge in [0, 0.05) is 6.61 Å². The molecule has 0 aliphatic heterocycles. The fourth-order valence-corrected chi connectivity index (χ4v) is 0.285. The van der Waals surface area contributed by atoms with Crippen molar-refractivity contribution in [3.05, 3.63) is 6.43 Å². The first kappa shape index (κ1) is 9.68. The molecule has 1 nitrogen and oxygen atoms in total. The van der Waals surface area contributed by atoms with Crippen LogP contribution in [-0.2, 0) is 4.74 Å². The molecule has 0 saturated heterocycles.